The number of hydrogen-bond donors (Lipinski definition) is 1. The van der Waals surface area contributed by atoms with E-state index in [0.717, 1.165) is 30.3 Å². The van der Waals surface area contributed by atoms with Gasteiger partial charge >= 0.3 is 5.92 Å². The summed E-state index contributed by atoms with van der Waals surface area (Å²) in [6.07, 6.45) is -9.10. The highest BCUT2D eigenvalue weighted by Gasteiger charge is 2.41. The molecule has 2 aromatic carbocycles. The molecule has 2 heterocycles. The fourth-order valence-corrected chi connectivity index (χ4v) is 3.47. The van der Waals surface area contributed by atoms with Gasteiger partial charge in [-0.1, -0.05) is 35.9 Å². The van der Waals surface area contributed by atoms with Crippen LogP contribution in [0.5, 0.6) is 0 Å². The van der Waals surface area contributed by atoms with Gasteiger partial charge < -0.3 is 4.90 Å². The zero-order valence-electron chi connectivity index (χ0n) is 22.2. The van der Waals surface area contributed by atoms with E-state index in [-0.39, 0.29) is 21.7 Å². The van der Waals surface area contributed by atoms with Crippen LogP contribution in [-0.2, 0) is 33.2 Å². The molecule has 2 aromatic rings. The molecular formula is C23H19ClF2N2O4. The first-order valence-corrected chi connectivity index (χ1v) is 9.72. The lowest BCUT2D eigenvalue weighted by atomic mass is 9.97. The first-order chi connectivity index (χ1) is 17.4. The number of amides is 3. The topological polar surface area (TPSA) is 83.6 Å². The van der Waals surface area contributed by atoms with Gasteiger partial charge in [0.15, 0.2) is 0 Å². The average molecular weight is 467 g/mol. The molecule has 32 heavy (non-hydrogen) atoms. The van der Waals surface area contributed by atoms with Gasteiger partial charge in [0.05, 0.1) is 1.37 Å². The average Bonchev–Trinajstić information content (AvgIpc) is 3.18. The van der Waals surface area contributed by atoms with Crippen LogP contribution in [0.1, 0.15) is 54.5 Å². The number of piperidine rings is 1. The number of fused-ring (bicyclic) bond motifs is 1. The van der Waals surface area contributed by atoms with E-state index in [1.54, 1.807) is 5.32 Å². The molecule has 0 saturated carbocycles. The standard InChI is InChI=1S/C23H19ClF2N2O4/c24-16-5-3-15(4-6-16)23(25,26)19(29)9-2-13-1-7-17-14(11-13)12-28(22(17)32)18-8-10-20(30)27-21(18)31/h1,3-7,11,18H,2,8-10,12H2,(H,27,30,31)/i2D2,8D,10D2,18D. The van der Waals surface area contributed by atoms with Gasteiger partial charge in [-0.15, -0.1) is 0 Å². The Balaban J connectivity index is 1.60. The maximum absolute atomic E-state index is 14.7. The summed E-state index contributed by atoms with van der Waals surface area (Å²) in [5.41, 5.74) is -0.914. The van der Waals surface area contributed by atoms with Gasteiger partial charge in [0.2, 0.25) is 17.6 Å². The quantitative estimate of drug-likeness (QED) is 0.661. The Morgan fingerprint density at radius 2 is 1.97 bits per heavy atom. The van der Waals surface area contributed by atoms with Crippen LogP contribution in [-0.4, -0.2) is 34.4 Å². The number of nitrogens with zero attached hydrogens (tertiary/aromatic N) is 1. The molecule has 0 aliphatic carbocycles. The highest BCUT2D eigenvalue weighted by Crippen LogP contribution is 2.32. The van der Waals surface area contributed by atoms with Gasteiger partial charge in [0, 0.05) is 42.3 Å². The summed E-state index contributed by atoms with van der Waals surface area (Å²) >= 11 is 5.69. The molecule has 3 amide bonds. The molecule has 2 unspecified atom stereocenters. The van der Waals surface area contributed by atoms with Crippen LogP contribution in [0, 0.1) is 0 Å². The van der Waals surface area contributed by atoms with Gasteiger partial charge in [-0.25, -0.2) is 0 Å². The minimum Gasteiger partial charge on any atom is -0.322 e. The van der Waals surface area contributed by atoms with Gasteiger partial charge in [-0.2, -0.15) is 8.78 Å². The molecule has 1 N–H and O–H groups in total. The van der Waals surface area contributed by atoms with Crippen LogP contribution >= 0.6 is 11.6 Å². The number of benzene rings is 2. The van der Waals surface area contributed by atoms with Crippen LogP contribution in [0.25, 0.3) is 0 Å². The number of imide groups is 1. The molecule has 1 saturated heterocycles. The van der Waals surface area contributed by atoms with Crippen LogP contribution < -0.4 is 5.32 Å². The zero-order chi connectivity index (χ0) is 28.4. The molecule has 4 rings (SSSR count). The van der Waals surface area contributed by atoms with Gasteiger partial charge in [-0.3, -0.25) is 24.5 Å². The Morgan fingerprint density at radius 3 is 2.69 bits per heavy atom. The molecule has 2 aliphatic heterocycles. The van der Waals surface area contributed by atoms with Crippen molar-refractivity contribution in [2.24, 2.45) is 0 Å². The Kier molecular flexibility index (Phi) is 4.12. The SMILES string of the molecule is [2H]C1C([2H])([2H])C(=O)NC(=O)C1([2H])N1Cc2cc(C([2H])([2H])CC(=O)C(F)(F)c3ccc(Cl)cc3)ccc2C1=O. The van der Waals surface area contributed by atoms with Gasteiger partial charge in [-0.05, 0) is 42.1 Å². The summed E-state index contributed by atoms with van der Waals surface area (Å²) in [5, 5.41) is 1.85. The smallest absolute Gasteiger partial charge is 0.322 e. The van der Waals surface area contributed by atoms with E-state index in [1.807, 2.05) is 0 Å². The van der Waals surface area contributed by atoms with Crippen LogP contribution in [0.3, 0.4) is 0 Å². The minimum absolute atomic E-state index is 0.0670. The van der Waals surface area contributed by atoms with E-state index >= 15 is 0 Å². The molecule has 2 atom stereocenters. The number of carbonyl (C=O) groups is 4. The molecule has 0 aromatic heterocycles. The van der Waals surface area contributed by atoms with Crippen molar-refractivity contribution in [1.29, 1.82) is 0 Å². The summed E-state index contributed by atoms with van der Waals surface area (Å²) in [6.45, 7) is -0.524. The molecular weight excluding hydrogens is 442 g/mol. The van der Waals surface area contributed by atoms with E-state index < -0.39 is 73.1 Å². The van der Waals surface area contributed by atoms with Crippen molar-refractivity contribution in [3.8, 4) is 0 Å². The van der Waals surface area contributed by atoms with E-state index in [2.05, 4.69) is 0 Å². The zero-order valence-corrected chi connectivity index (χ0v) is 17.0. The summed E-state index contributed by atoms with van der Waals surface area (Å²) < 4.78 is 78.2. The van der Waals surface area contributed by atoms with Gasteiger partial charge in [0.1, 0.15) is 6.02 Å². The van der Waals surface area contributed by atoms with Crippen molar-refractivity contribution in [3.63, 3.8) is 0 Å². The molecule has 1 fully saturated rings. The monoisotopic (exact) mass is 466 g/mol. The second-order valence-corrected chi connectivity index (χ2v) is 7.51. The number of carbonyl (C=O) groups excluding carboxylic acids is 4. The lowest BCUT2D eigenvalue weighted by Crippen LogP contribution is -2.52. The van der Waals surface area contributed by atoms with Crippen LogP contribution in [0.2, 0.25) is 5.02 Å². The number of hydrogen-bond acceptors (Lipinski definition) is 4. The number of halogens is 3. The van der Waals surface area contributed by atoms with Crippen LogP contribution in [0.15, 0.2) is 42.5 Å². The summed E-state index contributed by atoms with van der Waals surface area (Å²) in [7, 11) is 0. The molecule has 0 spiro atoms. The van der Waals surface area contributed by atoms with Crippen molar-refractivity contribution >= 4 is 35.1 Å². The lowest BCUT2D eigenvalue weighted by molar-refractivity contribution is -0.144. The fraction of sp³-hybridized carbons (Fsp3) is 0.304. The largest absolute Gasteiger partial charge is 0.330 e. The third-order valence-electron chi connectivity index (χ3n) is 5.01. The molecule has 0 radical (unpaired) electrons. The van der Waals surface area contributed by atoms with E-state index in [1.165, 1.54) is 12.1 Å². The maximum Gasteiger partial charge on any atom is 0.330 e. The number of rotatable bonds is 6. The number of alkyl halides is 2. The van der Waals surface area contributed by atoms with Crippen molar-refractivity contribution in [1.82, 2.24) is 10.2 Å². The Morgan fingerprint density at radius 1 is 1.25 bits per heavy atom. The predicted molar refractivity (Wildman–Crippen MR) is 111 cm³/mol. The van der Waals surface area contributed by atoms with Crippen molar-refractivity contribution < 1.29 is 36.2 Å². The van der Waals surface area contributed by atoms with Crippen molar-refractivity contribution in [3.05, 3.63) is 69.7 Å². The van der Waals surface area contributed by atoms with E-state index in [9.17, 15) is 28.0 Å². The Bertz CT molecular complexity index is 1370. The second-order valence-electron chi connectivity index (χ2n) is 7.08. The number of aryl methyl sites for hydroxylation is 1. The van der Waals surface area contributed by atoms with E-state index in [4.69, 9.17) is 19.8 Å². The molecule has 0 bridgehead atoms. The van der Waals surface area contributed by atoms with Crippen LogP contribution in [0.4, 0.5) is 8.78 Å². The Hall–Kier alpha value is -3.13. The summed E-state index contributed by atoms with van der Waals surface area (Å²) in [6, 6.07) is 4.79. The molecule has 6 nitrogen and oxygen atoms in total. The molecule has 166 valence electrons. The maximum atomic E-state index is 14.7. The highest BCUT2D eigenvalue weighted by molar-refractivity contribution is 6.30. The predicted octanol–water partition coefficient (Wildman–Crippen LogP) is 3.39. The fourth-order valence-electron chi connectivity index (χ4n) is 3.34. The minimum atomic E-state index is -4.01. The summed E-state index contributed by atoms with van der Waals surface area (Å²) in [4.78, 5) is 50.4. The number of nitrogens with one attached hydrogen (secondary N) is 1. The van der Waals surface area contributed by atoms with Gasteiger partial charge in [0.25, 0.3) is 5.91 Å². The second kappa shape index (κ2) is 8.43. The Labute approximate surface area is 196 Å². The van der Waals surface area contributed by atoms with Crippen molar-refractivity contribution in [2.75, 3.05) is 0 Å². The van der Waals surface area contributed by atoms with Crippen molar-refractivity contribution in [2.45, 2.75) is 44.0 Å². The van der Waals surface area contributed by atoms with E-state index in [0.29, 0.717) is 4.90 Å². The third-order valence-corrected chi connectivity index (χ3v) is 5.26. The number of ketones is 1. The first-order valence-electron chi connectivity index (χ1n) is 12.4. The first kappa shape index (κ1) is 15.6. The molecule has 9 heteroatoms. The summed E-state index contributed by atoms with van der Waals surface area (Å²) in [5.74, 6) is -9.43. The molecule has 2 aliphatic rings. The number of Topliss-reactive ketones (excluding diaryl/α,β-unsaturated/α-hetero) is 1. The highest BCUT2D eigenvalue weighted by atomic mass is 35.5. The lowest BCUT2D eigenvalue weighted by Gasteiger charge is -2.29. The normalized spacial score (nSPS) is 27.9. The third kappa shape index (κ3) is 4.14.